The smallest absolute Gasteiger partial charge is 0.179 e. The van der Waals surface area contributed by atoms with Gasteiger partial charge < -0.3 is 4.57 Å². The van der Waals surface area contributed by atoms with E-state index in [1.165, 1.54) is 19.3 Å². The minimum atomic E-state index is 0.0242. The van der Waals surface area contributed by atoms with Crippen LogP contribution in [0.1, 0.15) is 47.4 Å². The lowest BCUT2D eigenvalue weighted by molar-refractivity contribution is 0.102. The highest BCUT2D eigenvalue weighted by molar-refractivity contribution is 6.30. The van der Waals surface area contributed by atoms with E-state index in [0.717, 1.165) is 29.9 Å². The highest BCUT2D eigenvalue weighted by atomic mass is 35.5. The van der Waals surface area contributed by atoms with Gasteiger partial charge in [0.1, 0.15) is 0 Å². The van der Waals surface area contributed by atoms with E-state index < -0.39 is 0 Å². The van der Waals surface area contributed by atoms with Crippen LogP contribution in [-0.2, 0) is 6.54 Å². The molecule has 1 aromatic rings. The standard InChI is InChI=1S/C15H20ClNO/c1-11-9-14(15(18)10-16)12(2)17(11)8-7-13-5-3-4-6-13/h5,9H,3-4,6-8,10H2,1-2H3. The molecule has 18 heavy (non-hydrogen) atoms. The van der Waals surface area contributed by atoms with Gasteiger partial charge in [0, 0.05) is 23.5 Å². The number of carbonyl (C=O) groups is 1. The van der Waals surface area contributed by atoms with Crippen molar-refractivity contribution in [3.8, 4) is 0 Å². The number of allylic oxidation sites excluding steroid dienone is 2. The van der Waals surface area contributed by atoms with Crippen molar-refractivity contribution in [2.75, 3.05) is 5.88 Å². The van der Waals surface area contributed by atoms with Gasteiger partial charge in [-0.2, -0.15) is 0 Å². The molecule has 0 fully saturated rings. The first-order valence-electron chi connectivity index (χ1n) is 6.57. The predicted octanol–water partition coefficient (Wildman–Crippen LogP) is 4.03. The molecule has 0 unspecified atom stereocenters. The third kappa shape index (κ3) is 2.69. The van der Waals surface area contributed by atoms with Gasteiger partial charge in [-0.3, -0.25) is 4.79 Å². The summed E-state index contributed by atoms with van der Waals surface area (Å²) in [5.41, 5.74) is 4.55. The molecule has 0 saturated carbocycles. The fraction of sp³-hybridized carbons (Fsp3) is 0.533. The number of alkyl halides is 1. The zero-order chi connectivity index (χ0) is 13.1. The second kappa shape index (κ2) is 5.75. The fourth-order valence-corrected chi connectivity index (χ4v) is 2.86. The Kier molecular flexibility index (Phi) is 4.28. The summed E-state index contributed by atoms with van der Waals surface area (Å²) in [5.74, 6) is 0.0891. The molecule has 2 rings (SSSR count). The van der Waals surface area contributed by atoms with Crippen molar-refractivity contribution in [3.63, 3.8) is 0 Å². The zero-order valence-electron chi connectivity index (χ0n) is 11.1. The Morgan fingerprint density at radius 1 is 1.44 bits per heavy atom. The average Bonchev–Trinajstić information content (AvgIpc) is 2.96. The predicted molar refractivity (Wildman–Crippen MR) is 75.5 cm³/mol. The van der Waals surface area contributed by atoms with E-state index in [9.17, 15) is 4.79 Å². The Balaban J connectivity index is 2.12. The van der Waals surface area contributed by atoms with Crippen LogP contribution >= 0.6 is 11.6 Å². The van der Waals surface area contributed by atoms with Gasteiger partial charge in [-0.05, 0) is 45.6 Å². The topological polar surface area (TPSA) is 22.0 Å². The molecule has 0 aromatic carbocycles. The molecule has 1 aliphatic carbocycles. The molecular formula is C15H20ClNO. The van der Waals surface area contributed by atoms with E-state index in [0.29, 0.717) is 0 Å². The molecule has 0 atom stereocenters. The number of rotatable bonds is 5. The largest absolute Gasteiger partial charge is 0.348 e. The summed E-state index contributed by atoms with van der Waals surface area (Å²) in [7, 11) is 0. The molecule has 3 heteroatoms. The number of hydrogen-bond donors (Lipinski definition) is 0. The van der Waals surface area contributed by atoms with Gasteiger partial charge in [0.15, 0.2) is 5.78 Å². The molecule has 2 nitrogen and oxygen atoms in total. The van der Waals surface area contributed by atoms with Crippen LogP contribution in [0, 0.1) is 13.8 Å². The molecule has 0 aliphatic heterocycles. The SMILES string of the molecule is Cc1cc(C(=O)CCl)c(C)n1CCC1=CCCC1. The third-order valence-electron chi connectivity index (χ3n) is 3.79. The monoisotopic (exact) mass is 265 g/mol. The Morgan fingerprint density at radius 3 is 2.83 bits per heavy atom. The first-order chi connectivity index (χ1) is 8.63. The summed E-state index contributed by atoms with van der Waals surface area (Å²) >= 11 is 5.63. The number of hydrogen-bond acceptors (Lipinski definition) is 1. The Morgan fingerprint density at radius 2 is 2.22 bits per heavy atom. The molecule has 1 aliphatic rings. The van der Waals surface area contributed by atoms with Gasteiger partial charge in [0.25, 0.3) is 0 Å². The summed E-state index contributed by atoms with van der Waals surface area (Å²) in [6.07, 6.45) is 7.24. The maximum atomic E-state index is 11.7. The summed E-state index contributed by atoms with van der Waals surface area (Å²) in [4.78, 5) is 11.7. The summed E-state index contributed by atoms with van der Waals surface area (Å²) in [6, 6.07) is 1.96. The van der Waals surface area contributed by atoms with Gasteiger partial charge >= 0.3 is 0 Å². The van der Waals surface area contributed by atoms with E-state index in [-0.39, 0.29) is 11.7 Å². The maximum Gasteiger partial charge on any atom is 0.179 e. The molecule has 0 saturated heterocycles. The second-order valence-electron chi connectivity index (χ2n) is 5.00. The Labute approximate surface area is 114 Å². The van der Waals surface area contributed by atoms with Crippen LogP contribution in [0.5, 0.6) is 0 Å². The van der Waals surface area contributed by atoms with Gasteiger partial charge in [-0.1, -0.05) is 11.6 Å². The number of halogens is 1. The number of ketones is 1. The number of nitrogens with zero attached hydrogens (tertiary/aromatic N) is 1. The van der Waals surface area contributed by atoms with Gasteiger partial charge in [-0.15, -0.1) is 11.6 Å². The first kappa shape index (κ1) is 13.4. The molecule has 0 bridgehead atoms. The van der Waals surface area contributed by atoms with E-state index in [1.807, 2.05) is 13.0 Å². The lowest BCUT2D eigenvalue weighted by Crippen LogP contribution is -2.06. The quantitative estimate of drug-likeness (QED) is 0.448. The van der Waals surface area contributed by atoms with Crippen molar-refractivity contribution in [2.45, 2.75) is 46.1 Å². The molecule has 98 valence electrons. The lowest BCUT2D eigenvalue weighted by atomic mass is 10.1. The zero-order valence-corrected chi connectivity index (χ0v) is 11.9. The maximum absolute atomic E-state index is 11.7. The van der Waals surface area contributed by atoms with Crippen LogP contribution in [0.25, 0.3) is 0 Å². The van der Waals surface area contributed by atoms with Crippen molar-refractivity contribution in [1.82, 2.24) is 4.57 Å². The van der Waals surface area contributed by atoms with E-state index >= 15 is 0 Å². The molecule has 0 radical (unpaired) electrons. The van der Waals surface area contributed by atoms with Crippen LogP contribution < -0.4 is 0 Å². The molecule has 0 N–H and O–H groups in total. The van der Waals surface area contributed by atoms with Gasteiger partial charge in [0.2, 0.25) is 0 Å². The van der Waals surface area contributed by atoms with Crippen molar-refractivity contribution in [3.05, 3.63) is 34.7 Å². The summed E-state index contributed by atoms with van der Waals surface area (Å²) in [6.45, 7) is 5.04. The van der Waals surface area contributed by atoms with Crippen molar-refractivity contribution in [1.29, 1.82) is 0 Å². The molecule has 1 heterocycles. The normalized spacial score (nSPS) is 14.9. The van der Waals surface area contributed by atoms with Crippen LogP contribution in [0.15, 0.2) is 17.7 Å². The minimum Gasteiger partial charge on any atom is -0.348 e. The highest BCUT2D eigenvalue weighted by Gasteiger charge is 2.15. The molecule has 0 spiro atoms. The number of Topliss-reactive ketones (excluding diaryl/α,β-unsaturated/α-hetero) is 1. The van der Waals surface area contributed by atoms with E-state index in [1.54, 1.807) is 5.57 Å². The van der Waals surface area contributed by atoms with Crippen molar-refractivity contribution in [2.24, 2.45) is 0 Å². The first-order valence-corrected chi connectivity index (χ1v) is 7.10. The van der Waals surface area contributed by atoms with Crippen molar-refractivity contribution < 1.29 is 4.79 Å². The summed E-state index contributed by atoms with van der Waals surface area (Å²) < 4.78 is 2.24. The van der Waals surface area contributed by atoms with E-state index in [4.69, 9.17) is 11.6 Å². The Bertz CT molecular complexity index is 485. The second-order valence-corrected chi connectivity index (χ2v) is 5.27. The van der Waals surface area contributed by atoms with Crippen LogP contribution in [-0.4, -0.2) is 16.2 Å². The third-order valence-corrected chi connectivity index (χ3v) is 4.03. The van der Waals surface area contributed by atoms with Crippen LogP contribution in [0.3, 0.4) is 0 Å². The van der Waals surface area contributed by atoms with Crippen LogP contribution in [0.4, 0.5) is 0 Å². The number of carbonyl (C=O) groups excluding carboxylic acids is 1. The van der Waals surface area contributed by atoms with Gasteiger partial charge in [0.05, 0.1) is 5.88 Å². The highest BCUT2D eigenvalue weighted by Crippen LogP contribution is 2.23. The Hall–Kier alpha value is -1.02. The molecule has 0 amide bonds. The fourth-order valence-electron chi connectivity index (χ4n) is 2.72. The molecule has 1 aromatic heterocycles. The molecular weight excluding hydrogens is 246 g/mol. The van der Waals surface area contributed by atoms with Crippen LogP contribution in [0.2, 0.25) is 0 Å². The van der Waals surface area contributed by atoms with E-state index in [2.05, 4.69) is 17.6 Å². The minimum absolute atomic E-state index is 0.0242. The average molecular weight is 266 g/mol. The number of aromatic nitrogens is 1. The number of aryl methyl sites for hydroxylation is 1. The van der Waals surface area contributed by atoms with Crippen molar-refractivity contribution >= 4 is 17.4 Å². The summed E-state index contributed by atoms with van der Waals surface area (Å²) in [5, 5.41) is 0. The lowest BCUT2D eigenvalue weighted by Gasteiger charge is -2.10. The van der Waals surface area contributed by atoms with Gasteiger partial charge in [-0.25, -0.2) is 0 Å².